The van der Waals surface area contributed by atoms with Crippen LogP contribution in [0.3, 0.4) is 0 Å². The molecule has 0 saturated heterocycles. The first kappa shape index (κ1) is 12.9. The fourth-order valence-electron chi connectivity index (χ4n) is 2.33. The standard InChI is InChI=1S/C12H18O4/c1-16-12(15)5-3-9-2-4-10(7-13)11(6-9)8-14/h7-11H,2-6H2,1H3. The Hall–Kier alpha value is -1.19. The summed E-state index contributed by atoms with van der Waals surface area (Å²) in [6, 6.07) is 0. The van der Waals surface area contributed by atoms with Gasteiger partial charge in [0.15, 0.2) is 0 Å². The zero-order valence-electron chi connectivity index (χ0n) is 9.56. The van der Waals surface area contributed by atoms with Gasteiger partial charge in [-0.2, -0.15) is 0 Å². The van der Waals surface area contributed by atoms with Gasteiger partial charge in [0.1, 0.15) is 12.6 Å². The molecule has 0 heterocycles. The summed E-state index contributed by atoms with van der Waals surface area (Å²) in [4.78, 5) is 32.5. The van der Waals surface area contributed by atoms with Crippen LogP contribution in [-0.2, 0) is 19.1 Å². The SMILES string of the molecule is COC(=O)CCC1CCC(C=O)C(C=O)C1. The predicted molar refractivity (Wildman–Crippen MR) is 57.7 cm³/mol. The van der Waals surface area contributed by atoms with E-state index in [0.717, 1.165) is 38.3 Å². The Kier molecular flexibility index (Phi) is 5.15. The van der Waals surface area contributed by atoms with E-state index in [1.165, 1.54) is 7.11 Å². The summed E-state index contributed by atoms with van der Waals surface area (Å²) >= 11 is 0. The zero-order valence-corrected chi connectivity index (χ0v) is 9.56. The van der Waals surface area contributed by atoms with Gasteiger partial charge in [0.25, 0.3) is 0 Å². The molecule has 1 aliphatic rings. The van der Waals surface area contributed by atoms with E-state index in [1.807, 2.05) is 0 Å². The number of ether oxygens (including phenoxy) is 1. The van der Waals surface area contributed by atoms with Crippen LogP contribution in [0.5, 0.6) is 0 Å². The van der Waals surface area contributed by atoms with Crippen molar-refractivity contribution in [2.24, 2.45) is 17.8 Å². The van der Waals surface area contributed by atoms with Gasteiger partial charge >= 0.3 is 5.97 Å². The number of hydrogen-bond acceptors (Lipinski definition) is 4. The molecule has 90 valence electrons. The second-order valence-electron chi connectivity index (χ2n) is 4.39. The summed E-state index contributed by atoms with van der Waals surface area (Å²) in [7, 11) is 1.37. The van der Waals surface area contributed by atoms with E-state index in [-0.39, 0.29) is 17.8 Å². The van der Waals surface area contributed by atoms with Crippen molar-refractivity contribution in [3.63, 3.8) is 0 Å². The summed E-state index contributed by atoms with van der Waals surface area (Å²) in [5.41, 5.74) is 0. The fourth-order valence-corrected chi connectivity index (χ4v) is 2.33. The molecule has 1 fully saturated rings. The largest absolute Gasteiger partial charge is 0.469 e. The second-order valence-corrected chi connectivity index (χ2v) is 4.39. The fraction of sp³-hybridized carbons (Fsp3) is 0.750. The predicted octanol–water partition coefficient (Wildman–Crippen LogP) is 1.37. The van der Waals surface area contributed by atoms with Gasteiger partial charge in [0.2, 0.25) is 0 Å². The lowest BCUT2D eigenvalue weighted by molar-refractivity contribution is -0.141. The smallest absolute Gasteiger partial charge is 0.305 e. The molecule has 1 rings (SSSR count). The summed E-state index contributed by atoms with van der Waals surface area (Å²) in [5.74, 6) is -0.119. The molecule has 0 aromatic rings. The molecule has 1 saturated carbocycles. The van der Waals surface area contributed by atoms with Crippen molar-refractivity contribution in [3.05, 3.63) is 0 Å². The van der Waals surface area contributed by atoms with Crippen molar-refractivity contribution >= 4 is 18.5 Å². The third-order valence-electron chi connectivity index (χ3n) is 3.40. The first-order valence-electron chi connectivity index (χ1n) is 5.68. The Morgan fingerprint density at radius 3 is 2.50 bits per heavy atom. The molecule has 0 aliphatic heterocycles. The minimum absolute atomic E-state index is 0.119. The van der Waals surface area contributed by atoms with Crippen LogP contribution in [0, 0.1) is 17.8 Å². The number of carbonyl (C=O) groups is 3. The average Bonchev–Trinajstić information content (AvgIpc) is 2.35. The summed E-state index contributed by atoms with van der Waals surface area (Å²) < 4.78 is 4.57. The molecule has 1 aliphatic carbocycles. The van der Waals surface area contributed by atoms with Crippen molar-refractivity contribution in [2.45, 2.75) is 32.1 Å². The minimum Gasteiger partial charge on any atom is -0.469 e. The van der Waals surface area contributed by atoms with E-state index >= 15 is 0 Å². The van der Waals surface area contributed by atoms with Crippen molar-refractivity contribution < 1.29 is 19.1 Å². The highest BCUT2D eigenvalue weighted by Crippen LogP contribution is 2.34. The summed E-state index contributed by atoms with van der Waals surface area (Å²) in [5, 5.41) is 0. The first-order valence-corrected chi connectivity index (χ1v) is 5.68. The molecule has 4 nitrogen and oxygen atoms in total. The van der Waals surface area contributed by atoms with Gasteiger partial charge in [0.05, 0.1) is 7.11 Å². The van der Waals surface area contributed by atoms with Gasteiger partial charge in [-0.25, -0.2) is 0 Å². The maximum absolute atomic E-state index is 11.0. The van der Waals surface area contributed by atoms with E-state index in [9.17, 15) is 14.4 Å². The van der Waals surface area contributed by atoms with Crippen LogP contribution in [-0.4, -0.2) is 25.7 Å². The molecular formula is C12H18O4. The highest BCUT2D eigenvalue weighted by Gasteiger charge is 2.30. The van der Waals surface area contributed by atoms with Crippen molar-refractivity contribution in [1.82, 2.24) is 0 Å². The van der Waals surface area contributed by atoms with Crippen molar-refractivity contribution in [3.8, 4) is 0 Å². The molecule has 0 bridgehead atoms. The van der Waals surface area contributed by atoms with Gasteiger partial charge < -0.3 is 14.3 Å². The van der Waals surface area contributed by atoms with Crippen molar-refractivity contribution in [2.75, 3.05) is 7.11 Å². The second kappa shape index (κ2) is 6.40. The molecule has 0 aromatic carbocycles. The number of hydrogen-bond donors (Lipinski definition) is 0. The molecule has 0 radical (unpaired) electrons. The summed E-state index contributed by atoms with van der Waals surface area (Å²) in [6.07, 6.45) is 5.33. The van der Waals surface area contributed by atoms with Crippen LogP contribution < -0.4 is 0 Å². The van der Waals surface area contributed by atoms with E-state index in [1.54, 1.807) is 0 Å². The Bertz CT molecular complexity index is 262. The lowest BCUT2D eigenvalue weighted by Crippen LogP contribution is -2.27. The lowest BCUT2D eigenvalue weighted by atomic mass is 9.74. The molecular weight excluding hydrogens is 208 g/mol. The van der Waals surface area contributed by atoms with Gasteiger partial charge in [-0.05, 0) is 31.6 Å². The van der Waals surface area contributed by atoms with E-state index in [0.29, 0.717) is 12.3 Å². The van der Waals surface area contributed by atoms with Crippen molar-refractivity contribution in [1.29, 1.82) is 0 Å². The number of carbonyl (C=O) groups excluding carboxylic acids is 3. The molecule has 4 heteroatoms. The number of esters is 1. The number of aldehydes is 2. The van der Waals surface area contributed by atoms with Gasteiger partial charge in [-0.1, -0.05) is 0 Å². The van der Waals surface area contributed by atoms with Gasteiger partial charge in [0, 0.05) is 18.3 Å². The van der Waals surface area contributed by atoms with Gasteiger partial charge in [-0.15, -0.1) is 0 Å². The third kappa shape index (κ3) is 3.43. The first-order chi connectivity index (χ1) is 7.71. The van der Waals surface area contributed by atoms with Crippen LogP contribution in [0.1, 0.15) is 32.1 Å². The average molecular weight is 226 g/mol. The Morgan fingerprint density at radius 1 is 1.25 bits per heavy atom. The van der Waals surface area contributed by atoms with E-state index < -0.39 is 0 Å². The third-order valence-corrected chi connectivity index (χ3v) is 3.40. The monoisotopic (exact) mass is 226 g/mol. The highest BCUT2D eigenvalue weighted by molar-refractivity contribution is 5.69. The van der Waals surface area contributed by atoms with Gasteiger partial charge in [-0.3, -0.25) is 4.79 Å². The van der Waals surface area contributed by atoms with Crippen LogP contribution in [0.2, 0.25) is 0 Å². The molecule has 0 aromatic heterocycles. The normalized spacial score (nSPS) is 29.4. The molecule has 3 unspecified atom stereocenters. The molecule has 0 N–H and O–H groups in total. The maximum Gasteiger partial charge on any atom is 0.305 e. The van der Waals surface area contributed by atoms with Crippen LogP contribution in [0.4, 0.5) is 0 Å². The Labute approximate surface area is 95.3 Å². The Morgan fingerprint density at radius 2 is 1.94 bits per heavy atom. The molecule has 0 spiro atoms. The van der Waals surface area contributed by atoms with Crippen LogP contribution in [0.25, 0.3) is 0 Å². The van der Waals surface area contributed by atoms with E-state index in [2.05, 4.69) is 4.74 Å². The number of methoxy groups -OCH3 is 1. The summed E-state index contributed by atoms with van der Waals surface area (Å²) in [6.45, 7) is 0. The quantitative estimate of drug-likeness (QED) is 0.524. The zero-order chi connectivity index (χ0) is 12.0. The number of rotatable bonds is 5. The molecule has 16 heavy (non-hydrogen) atoms. The highest BCUT2D eigenvalue weighted by atomic mass is 16.5. The van der Waals surface area contributed by atoms with Crippen LogP contribution >= 0.6 is 0 Å². The van der Waals surface area contributed by atoms with E-state index in [4.69, 9.17) is 0 Å². The lowest BCUT2D eigenvalue weighted by Gasteiger charge is -2.29. The Balaban J connectivity index is 2.38. The minimum atomic E-state index is -0.208. The topological polar surface area (TPSA) is 60.4 Å². The molecule has 3 atom stereocenters. The molecule has 0 amide bonds. The maximum atomic E-state index is 11.0. The van der Waals surface area contributed by atoms with Crippen LogP contribution in [0.15, 0.2) is 0 Å².